The maximum Gasteiger partial charge on any atom is 0.312 e. The number of hydrogen-bond donors (Lipinski definition) is 4. The van der Waals surface area contributed by atoms with E-state index in [1.807, 2.05) is 0 Å². The van der Waals surface area contributed by atoms with Gasteiger partial charge in [0, 0.05) is 37.7 Å². The van der Waals surface area contributed by atoms with Crippen molar-refractivity contribution in [1.29, 1.82) is 0 Å². The molecule has 0 aliphatic carbocycles. The minimum atomic E-state index is -0.736. The van der Waals surface area contributed by atoms with E-state index in [1.165, 1.54) is 9.80 Å². The molecule has 1 rings (SSSR count). The number of thiol groups is 2. The Balaban J connectivity index is 2.55. The highest BCUT2D eigenvalue weighted by Crippen LogP contribution is 2.07. The fraction of sp³-hybridized carbons (Fsp3) is 0.800. The molecular weight excluding hydrogens is 276 g/mol. The summed E-state index contributed by atoms with van der Waals surface area (Å²) in [5.41, 5.74) is 0. The number of piperazine rings is 1. The van der Waals surface area contributed by atoms with Gasteiger partial charge in [-0.3, -0.25) is 9.59 Å². The van der Waals surface area contributed by atoms with Crippen molar-refractivity contribution < 1.29 is 19.8 Å². The second-order valence-corrected chi connectivity index (χ2v) is 4.91. The summed E-state index contributed by atoms with van der Waals surface area (Å²) in [5, 5.41) is 18.8. The van der Waals surface area contributed by atoms with Crippen molar-refractivity contribution >= 4 is 37.1 Å². The molecule has 0 aromatic heterocycles. The van der Waals surface area contributed by atoms with Crippen molar-refractivity contribution in [2.45, 2.75) is 12.2 Å². The first-order valence-corrected chi connectivity index (χ1v) is 6.92. The van der Waals surface area contributed by atoms with Gasteiger partial charge in [-0.05, 0) is 0 Å². The van der Waals surface area contributed by atoms with Crippen LogP contribution in [0.1, 0.15) is 0 Å². The van der Waals surface area contributed by atoms with Crippen LogP contribution in [0.25, 0.3) is 0 Å². The highest BCUT2D eigenvalue weighted by molar-refractivity contribution is 7.80. The Kier molecular flexibility index (Phi) is 6.27. The smallest absolute Gasteiger partial charge is 0.312 e. The third-order valence-electron chi connectivity index (χ3n) is 2.68. The summed E-state index contributed by atoms with van der Waals surface area (Å²) in [5.74, 6) is -0.818. The molecule has 2 atom stereocenters. The van der Waals surface area contributed by atoms with Gasteiger partial charge < -0.3 is 20.0 Å². The largest absolute Gasteiger partial charge is 0.390 e. The zero-order chi connectivity index (χ0) is 13.7. The third-order valence-corrected chi connectivity index (χ3v) is 3.52. The summed E-state index contributed by atoms with van der Waals surface area (Å²) < 4.78 is 0. The van der Waals surface area contributed by atoms with Crippen LogP contribution >= 0.6 is 25.3 Å². The Morgan fingerprint density at radius 3 is 1.56 bits per heavy atom. The van der Waals surface area contributed by atoms with Gasteiger partial charge in [-0.15, -0.1) is 0 Å². The molecule has 6 nitrogen and oxygen atoms in total. The van der Waals surface area contributed by atoms with Crippen LogP contribution in [0.5, 0.6) is 0 Å². The van der Waals surface area contributed by atoms with Crippen molar-refractivity contribution in [3.05, 3.63) is 0 Å². The first kappa shape index (κ1) is 15.6. The maximum absolute atomic E-state index is 11.8. The number of carbonyl (C=O) groups excluding carboxylic acids is 2. The van der Waals surface area contributed by atoms with Gasteiger partial charge in [0.25, 0.3) is 0 Å². The predicted octanol–water partition coefficient (Wildman–Crippen LogP) is -1.76. The standard InChI is InChI=1S/C10H18N2O4S2/c13-7(5-17)3-11-1-2-12(4-8(14)6-18)10(16)9(11)15/h7-8,13-14,17-18H,1-6H2. The normalized spacial score (nSPS) is 20.2. The Morgan fingerprint density at radius 2 is 1.28 bits per heavy atom. The average Bonchev–Trinajstić information content (AvgIpc) is 2.37. The van der Waals surface area contributed by atoms with Crippen LogP contribution in [-0.4, -0.2) is 81.7 Å². The second kappa shape index (κ2) is 7.22. The van der Waals surface area contributed by atoms with Crippen LogP contribution < -0.4 is 0 Å². The van der Waals surface area contributed by atoms with Gasteiger partial charge in [-0.1, -0.05) is 0 Å². The maximum atomic E-state index is 11.8. The minimum Gasteiger partial charge on any atom is -0.390 e. The van der Waals surface area contributed by atoms with Crippen LogP contribution in [0.15, 0.2) is 0 Å². The summed E-state index contributed by atoms with van der Waals surface area (Å²) in [4.78, 5) is 26.1. The van der Waals surface area contributed by atoms with E-state index in [-0.39, 0.29) is 24.6 Å². The molecule has 1 saturated heterocycles. The molecule has 0 spiro atoms. The van der Waals surface area contributed by atoms with Gasteiger partial charge in [0.2, 0.25) is 0 Å². The van der Waals surface area contributed by atoms with E-state index in [9.17, 15) is 19.8 Å². The lowest BCUT2D eigenvalue weighted by molar-refractivity contribution is -0.157. The molecule has 1 fully saturated rings. The van der Waals surface area contributed by atoms with Crippen LogP contribution in [0.2, 0.25) is 0 Å². The Morgan fingerprint density at radius 1 is 0.944 bits per heavy atom. The SMILES string of the molecule is O=C1C(=O)N(CC(O)CS)CCN1CC(O)CS. The summed E-state index contributed by atoms with van der Waals surface area (Å²) in [7, 11) is 0. The van der Waals surface area contributed by atoms with E-state index >= 15 is 0 Å². The number of rotatable bonds is 6. The fourth-order valence-corrected chi connectivity index (χ4v) is 1.92. The lowest BCUT2D eigenvalue weighted by Gasteiger charge is -2.35. The molecule has 8 heteroatoms. The van der Waals surface area contributed by atoms with Crippen LogP contribution in [0.4, 0.5) is 0 Å². The molecule has 0 aromatic rings. The van der Waals surface area contributed by atoms with Crippen LogP contribution in [0, 0.1) is 0 Å². The Hall–Kier alpha value is -0.440. The molecule has 0 radical (unpaired) electrons. The Labute approximate surface area is 117 Å². The molecule has 2 N–H and O–H groups in total. The van der Waals surface area contributed by atoms with Crippen LogP contribution in [0.3, 0.4) is 0 Å². The van der Waals surface area contributed by atoms with Gasteiger partial charge in [-0.2, -0.15) is 25.3 Å². The number of hydrogen-bond acceptors (Lipinski definition) is 6. The molecule has 0 aromatic carbocycles. The molecule has 104 valence electrons. The van der Waals surface area contributed by atoms with Crippen molar-refractivity contribution in [2.75, 3.05) is 37.7 Å². The van der Waals surface area contributed by atoms with Gasteiger partial charge in [0.15, 0.2) is 0 Å². The van der Waals surface area contributed by atoms with E-state index in [0.717, 1.165) is 0 Å². The quantitative estimate of drug-likeness (QED) is 0.346. The van der Waals surface area contributed by atoms with Gasteiger partial charge in [0.1, 0.15) is 0 Å². The third kappa shape index (κ3) is 4.04. The van der Waals surface area contributed by atoms with Gasteiger partial charge >= 0.3 is 11.8 Å². The molecule has 0 saturated carbocycles. The molecule has 1 aliphatic rings. The van der Waals surface area contributed by atoms with E-state index in [0.29, 0.717) is 13.1 Å². The first-order chi connectivity index (χ1) is 8.49. The molecular formula is C10H18N2O4S2. The van der Waals surface area contributed by atoms with Gasteiger partial charge in [0.05, 0.1) is 12.2 Å². The number of aliphatic hydroxyl groups is 2. The van der Waals surface area contributed by atoms with E-state index < -0.39 is 24.0 Å². The number of amides is 2. The van der Waals surface area contributed by atoms with Crippen molar-refractivity contribution in [2.24, 2.45) is 0 Å². The highest BCUT2D eigenvalue weighted by atomic mass is 32.1. The number of nitrogens with zero attached hydrogens (tertiary/aromatic N) is 2. The summed E-state index contributed by atoms with van der Waals surface area (Å²) >= 11 is 7.84. The average molecular weight is 294 g/mol. The summed E-state index contributed by atoms with van der Waals surface area (Å²) in [6.07, 6.45) is -1.47. The van der Waals surface area contributed by atoms with E-state index in [4.69, 9.17) is 0 Å². The molecule has 1 heterocycles. The van der Waals surface area contributed by atoms with E-state index in [2.05, 4.69) is 25.3 Å². The first-order valence-electron chi connectivity index (χ1n) is 5.65. The number of carbonyl (C=O) groups is 2. The predicted molar refractivity (Wildman–Crippen MR) is 72.9 cm³/mol. The van der Waals surface area contributed by atoms with Crippen molar-refractivity contribution in [3.8, 4) is 0 Å². The second-order valence-electron chi connectivity index (χ2n) is 4.18. The molecule has 0 bridgehead atoms. The molecule has 2 unspecified atom stereocenters. The monoisotopic (exact) mass is 294 g/mol. The minimum absolute atomic E-state index is 0.108. The highest BCUT2D eigenvalue weighted by Gasteiger charge is 2.33. The number of β-amino-alcohol motifs (C(OH)–C–C–N with tert-alkyl or cyclic N) is 2. The van der Waals surface area contributed by atoms with Gasteiger partial charge in [-0.25, -0.2) is 0 Å². The summed E-state index contributed by atoms with van der Waals surface area (Å²) in [6.45, 7) is 0.928. The van der Waals surface area contributed by atoms with Crippen molar-refractivity contribution in [3.63, 3.8) is 0 Å². The zero-order valence-corrected chi connectivity index (χ0v) is 11.7. The molecule has 1 aliphatic heterocycles. The van der Waals surface area contributed by atoms with E-state index in [1.54, 1.807) is 0 Å². The fourth-order valence-electron chi connectivity index (χ4n) is 1.69. The molecule has 18 heavy (non-hydrogen) atoms. The molecule has 2 amide bonds. The van der Waals surface area contributed by atoms with Crippen LogP contribution in [-0.2, 0) is 9.59 Å². The topological polar surface area (TPSA) is 81.1 Å². The summed E-state index contributed by atoms with van der Waals surface area (Å²) in [6, 6.07) is 0. The number of aliphatic hydroxyl groups excluding tert-OH is 2. The lowest BCUT2D eigenvalue weighted by Crippen LogP contribution is -2.57. The Bertz CT molecular complexity index is 286. The van der Waals surface area contributed by atoms with Crippen molar-refractivity contribution in [1.82, 2.24) is 9.80 Å². The lowest BCUT2D eigenvalue weighted by atomic mass is 10.2. The zero-order valence-electron chi connectivity index (χ0n) is 9.90.